The molecule has 3 aromatic rings. The number of hydrogen-bond donors (Lipinski definition) is 1. The fourth-order valence-electron chi connectivity index (χ4n) is 2.45. The topological polar surface area (TPSA) is 91.8 Å². The molecule has 0 aliphatic rings. The fraction of sp³-hybridized carbons (Fsp3) is 0.0526. The van der Waals surface area contributed by atoms with Crippen molar-refractivity contribution in [2.24, 2.45) is 0 Å². The van der Waals surface area contributed by atoms with Crippen molar-refractivity contribution < 1.29 is 4.92 Å². The van der Waals surface area contributed by atoms with Crippen LogP contribution < -0.4 is 5.32 Å². The predicted octanol–water partition coefficient (Wildman–Crippen LogP) is 4.82. The van der Waals surface area contributed by atoms with E-state index in [1.807, 2.05) is 35.7 Å². The predicted molar refractivity (Wildman–Crippen MR) is 104 cm³/mol. The minimum absolute atomic E-state index is 0.0392. The Morgan fingerprint density at radius 2 is 2.08 bits per heavy atom. The van der Waals surface area contributed by atoms with Crippen LogP contribution in [0.2, 0.25) is 0 Å². The lowest BCUT2D eigenvalue weighted by molar-refractivity contribution is -0.383. The molecule has 0 unspecified atom stereocenters. The summed E-state index contributed by atoms with van der Waals surface area (Å²) in [6.07, 6.45) is 1.61. The Balaban J connectivity index is 1.97. The van der Waals surface area contributed by atoms with Crippen LogP contribution in [-0.4, -0.2) is 17.0 Å². The molecule has 0 bridgehead atoms. The van der Waals surface area contributed by atoms with E-state index in [0.717, 1.165) is 11.3 Å². The van der Waals surface area contributed by atoms with E-state index in [1.54, 1.807) is 25.3 Å². The number of nitro benzene ring substituents is 1. The maximum absolute atomic E-state index is 11.2. The first-order valence-corrected chi connectivity index (χ1v) is 8.59. The zero-order valence-electron chi connectivity index (χ0n) is 13.8. The van der Waals surface area contributed by atoms with E-state index in [9.17, 15) is 15.4 Å². The molecule has 1 N–H and O–H groups in total. The lowest BCUT2D eigenvalue weighted by atomic mass is 10.1. The molecule has 1 aromatic heterocycles. The molecular weight excluding hydrogens is 348 g/mol. The Labute approximate surface area is 154 Å². The quantitative estimate of drug-likeness (QED) is 0.399. The van der Waals surface area contributed by atoms with Crippen LogP contribution in [0.15, 0.2) is 53.9 Å². The summed E-state index contributed by atoms with van der Waals surface area (Å²) in [6.45, 7) is 0. The summed E-state index contributed by atoms with van der Waals surface area (Å²) in [5.74, 6) is 0. The third-order valence-electron chi connectivity index (χ3n) is 3.72. The van der Waals surface area contributed by atoms with E-state index in [-0.39, 0.29) is 5.69 Å². The van der Waals surface area contributed by atoms with Crippen molar-refractivity contribution in [2.45, 2.75) is 0 Å². The highest BCUT2D eigenvalue weighted by atomic mass is 32.1. The monoisotopic (exact) mass is 362 g/mol. The number of thiazole rings is 1. The highest BCUT2D eigenvalue weighted by Crippen LogP contribution is 2.29. The first-order valence-electron chi connectivity index (χ1n) is 7.71. The van der Waals surface area contributed by atoms with Gasteiger partial charge in [0.1, 0.15) is 16.8 Å². The van der Waals surface area contributed by atoms with Gasteiger partial charge in [0.25, 0.3) is 5.69 Å². The highest BCUT2D eigenvalue weighted by Gasteiger charge is 2.14. The first kappa shape index (κ1) is 17.3. The van der Waals surface area contributed by atoms with E-state index in [2.05, 4.69) is 16.4 Å². The molecule has 0 aliphatic heterocycles. The van der Waals surface area contributed by atoms with E-state index in [0.29, 0.717) is 21.8 Å². The van der Waals surface area contributed by atoms with E-state index < -0.39 is 4.92 Å². The van der Waals surface area contributed by atoms with Crippen molar-refractivity contribution in [3.8, 4) is 17.3 Å². The third-order valence-corrected chi connectivity index (χ3v) is 4.60. The van der Waals surface area contributed by atoms with Crippen LogP contribution in [0.25, 0.3) is 22.9 Å². The number of nitro groups is 1. The maximum Gasteiger partial charge on any atom is 0.292 e. The van der Waals surface area contributed by atoms with Crippen LogP contribution in [0.4, 0.5) is 11.4 Å². The van der Waals surface area contributed by atoms with Crippen LogP contribution in [-0.2, 0) is 0 Å². The number of nitrogens with one attached hydrogen (secondary N) is 1. The Morgan fingerprint density at radius 1 is 1.31 bits per heavy atom. The van der Waals surface area contributed by atoms with Crippen molar-refractivity contribution in [1.29, 1.82) is 5.26 Å². The number of benzene rings is 2. The number of nitriles is 1. The minimum Gasteiger partial charge on any atom is -0.383 e. The van der Waals surface area contributed by atoms with Gasteiger partial charge in [-0.2, -0.15) is 5.26 Å². The molecule has 0 amide bonds. The molecule has 3 rings (SSSR count). The lowest BCUT2D eigenvalue weighted by Crippen LogP contribution is -1.96. The minimum atomic E-state index is -0.452. The normalized spacial score (nSPS) is 11.0. The number of allylic oxidation sites excluding steroid dienone is 1. The summed E-state index contributed by atoms with van der Waals surface area (Å²) in [6, 6.07) is 16.6. The molecule has 1 heterocycles. The van der Waals surface area contributed by atoms with Gasteiger partial charge in [0.15, 0.2) is 0 Å². The number of nitrogens with zero attached hydrogens (tertiary/aromatic N) is 3. The second-order valence-corrected chi connectivity index (χ2v) is 6.22. The van der Waals surface area contributed by atoms with Crippen LogP contribution in [0.5, 0.6) is 0 Å². The molecule has 0 aliphatic carbocycles. The van der Waals surface area contributed by atoms with Gasteiger partial charge in [-0.15, -0.1) is 11.3 Å². The lowest BCUT2D eigenvalue weighted by Gasteiger charge is -2.03. The second kappa shape index (κ2) is 7.59. The Kier molecular flexibility index (Phi) is 5.06. The summed E-state index contributed by atoms with van der Waals surface area (Å²) in [4.78, 5) is 15.3. The summed E-state index contributed by atoms with van der Waals surface area (Å²) in [5, 5.41) is 25.9. The average Bonchev–Trinajstić information content (AvgIpc) is 3.16. The summed E-state index contributed by atoms with van der Waals surface area (Å²) >= 11 is 1.37. The van der Waals surface area contributed by atoms with E-state index in [4.69, 9.17) is 0 Å². The molecule has 0 atom stereocenters. The van der Waals surface area contributed by atoms with Crippen LogP contribution >= 0.6 is 11.3 Å². The van der Waals surface area contributed by atoms with Gasteiger partial charge in [0.2, 0.25) is 0 Å². The molecule has 7 heteroatoms. The SMILES string of the molecule is CNc1ccc(/C=C(\C#N)c2nc(-c3ccccc3)cs2)cc1[N+](=O)[O-]. The highest BCUT2D eigenvalue weighted by molar-refractivity contribution is 7.11. The molecule has 0 radical (unpaired) electrons. The number of anilines is 1. The standard InChI is InChI=1S/C19H14N4O2S/c1-21-16-8-7-13(10-18(16)23(24)25)9-15(11-20)19-22-17(12-26-19)14-5-3-2-4-6-14/h2-10,12,21H,1H3/b15-9+. The summed E-state index contributed by atoms with van der Waals surface area (Å²) in [7, 11) is 1.62. The molecule has 0 saturated heterocycles. The molecule has 26 heavy (non-hydrogen) atoms. The summed E-state index contributed by atoms with van der Waals surface area (Å²) < 4.78 is 0. The van der Waals surface area contributed by atoms with E-state index >= 15 is 0 Å². The Morgan fingerprint density at radius 3 is 2.73 bits per heavy atom. The van der Waals surface area contributed by atoms with Gasteiger partial charge < -0.3 is 5.32 Å². The molecule has 6 nitrogen and oxygen atoms in total. The largest absolute Gasteiger partial charge is 0.383 e. The van der Waals surface area contributed by atoms with Gasteiger partial charge in [0.05, 0.1) is 16.2 Å². The van der Waals surface area contributed by atoms with Crippen molar-refractivity contribution in [1.82, 2.24) is 4.98 Å². The van der Waals surface area contributed by atoms with Crippen LogP contribution in [0.1, 0.15) is 10.6 Å². The van der Waals surface area contributed by atoms with Gasteiger partial charge in [0, 0.05) is 24.1 Å². The molecule has 128 valence electrons. The van der Waals surface area contributed by atoms with Gasteiger partial charge in [-0.3, -0.25) is 10.1 Å². The second-order valence-electron chi connectivity index (χ2n) is 5.36. The number of aromatic nitrogens is 1. The van der Waals surface area contributed by atoms with Crippen molar-refractivity contribution in [2.75, 3.05) is 12.4 Å². The van der Waals surface area contributed by atoms with E-state index in [1.165, 1.54) is 17.4 Å². The van der Waals surface area contributed by atoms with Crippen molar-refractivity contribution in [3.63, 3.8) is 0 Å². The van der Waals surface area contributed by atoms with Gasteiger partial charge in [-0.05, 0) is 17.7 Å². The van der Waals surface area contributed by atoms with Crippen molar-refractivity contribution in [3.05, 3.63) is 74.6 Å². The maximum atomic E-state index is 11.2. The smallest absolute Gasteiger partial charge is 0.292 e. The summed E-state index contributed by atoms with van der Waals surface area (Å²) in [5.41, 5.74) is 3.09. The fourth-order valence-corrected chi connectivity index (χ4v) is 3.24. The molecular formula is C19H14N4O2S. The Hall–Kier alpha value is -3.50. The average molecular weight is 362 g/mol. The molecule has 2 aromatic carbocycles. The van der Waals surface area contributed by atoms with Gasteiger partial charge in [-0.1, -0.05) is 36.4 Å². The zero-order valence-corrected chi connectivity index (χ0v) is 14.7. The van der Waals surface area contributed by atoms with Crippen LogP contribution in [0.3, 0.4) is 0 Å². The first-order chi connectivity index (χ1) is 12.6. The molecule has 0 saturated carbocycles. The van der Waals surface area contributed by atoms with Crippen molar-refractivity contribution >= 4 is 34.4 Å². The molecule has 0 fully saturated rings. The number of hydrogen-bond acceptors (Lipinski definition) is 6. The zero-order chi connectivity index (χ0) is 18.5. The van der Waals surface area contributed by atoms with Gasteiger partial charge >= 0.3 is 0 Å². The molecule has 0 spiro atoms. The Bertz CT molecular complexity index is 1020. The number of rotatable bonds is 5. The van der Waals surface area contributed by atoms with Crippen LogP contribution in [0, 0.1) is 21.4 Å². The van der Waals surface area contributed by atoms with Gasteiger partial charge in [-0.25, -0.2) is 4.98 Å². The third kappa shape index (κ3) is 3.61.